The van der Waals surface area contributed by atoms with E-state index in [9.17, 15) is 0 Å². The number of nitrogens with zero attached hydrogens (tertiary/aromatic N) is 4. The third-order valence-electron chi connectivity index (χ3n) is 11.5. The minimum absolute atomic E-state index is 0.0951. The number of hydrogen-bond acceptors (Lipinski definition) is 6. The zero-order valence-corrected chi connectivity index (χ0v) is 31.4. The van der Waals surface area contributed by atoms with Gasteiger partial charge in [-0.25, -0.2) is 15.0 Å². The Morgan fingerprint density at radius 1 is 0.491 bits per heavy atom. The van der Waals surface area contributed by atoms with Crippen LogP contribution >= 0.6 is 11.3 Å². The van der Waals surface area contributed by atoms with Crippen molar-refractivity contribution in [3.8, 4) is 45.3 Å². The van der Waals surface area contributed by atoms with Crippen LogP contribution in [0.2, 0.25) is 0 Å². The van der Waals surface area contributed by atoms with Crippen LogP contribution in [-0.4, -0.2) is 21.0 Å². The summed E-state index contributed by atoms with van der Waals surface area (Å²) < 4.78 is 9.10. The van der Waals surface area contributed by atoms with Gasteiger partial charge in [0.15, 0.2) is 17.5 Å². The van der Waals surface area contributed by atoms with E-state index in [1.807, 2.05) is 17.4 Å². The average Bonchev–Trinajstić information content (AvgIpc) is 3.96. The van der Waals surface area contributed by atoms with Crippen molar-refractivity contribution in [2.24, 2.45) is 0 Å². The lowest BCUT2D eigenvalue weighted by Gasteiger charge is -2.30. The summed E-state index contributed by atoms with van der Waals surface area (Å²) in [7, 11) is 0. The van der Waals surface area contributed by atoms with Gasteiger partial charge in [-0.3, -0.25) is 0 Å². The van der Waals surface area contributed by atoms with E-state index in [2.05, 4.69) is 181 Å². The van der Waals surface area contributed by atoms with E-state index in [-0.39, 0.29) is 12.0 Å². The van der Waals surface area contributed by atoms with E-state index >= 15 is 0 Å². The third kappa shape index (κ3) is 5.18. The molecule has 0 spiro atoms. The van der Waals surface area contributed by atoms with Crippen LogP contribution < -0.4 is 4.90 Å². The summed E-state index contributed by atoms with van der Waals surface area (Å²) >= 11 is 1.81. The number of rotatable bonds is 5. The lowest BCUT2D eigenvalue weighted by Crippen LogP contribution is -2.30. The second-order valence-electron chi connectivity index (χ2n) is 14.7. The number of anilines is 2. The summed E-state index contributed by atoms with van der Waals surface area (Å²) in [5.41, 5.74) is 10.9. The molecule has 2 aliphatic rings. The lowest BCUT2D eigenvalue weighted by atomic mass is 9.82. The second kappa shape index (κ2) is 12.7. The smallest absolute Gasteiger partial charge is 0.164 e. The molecule has 2 atom stereocenters. The zero-order chi connectivity index (χ0) is 37.5. The minimum Gasteiger partial charge on any atom is -0.456 e. The molecule has 0 saturated carbocycles. The summed E-state index contributed by atoms with van der Waals surface area (Å²) in [6.07, 6.45) is 4.45. The molecule has 0 N–H and O–H groups in total. The van der Waals surface area contributed by atoms with E-state index in [1.54, 1.807) is 0 Å². The highest BCUT2D eigenvalue weighted by molar-refractivity contribution is 7.25. The van der Waals surface area contributed by atoms with Gasteiger partial charge in [-0.2, -0.15) is 0 Å². The molecule has 0 bridgehead atoms. The van der Waals surface area contributed by atoms with Gasteiger partial charge >= 0.3 is 0 Å². The molecule has 3 aromatic heterocycles. The Morgan fingerprint density at radius 2 is 1.09 bits per heavy atom. The van der Waals surface area contributed by atoms with Crippen LogP contribution in [0, 0.1) is 0 Å². The maximum atomic E-state index is 6.59. The highest BCUT2D eigenvalue weighted by Gasteiger charge is 2.43. The zero-order valence-electron chi connectivity index (χ0n) is 30.6. The summed E-state index contributed by atoms with van der Waals surface area (Å²) in [5.74, 6) is 2.89. The summed E-state index contributed by atoms with van der Waals surface area (Å²) in [6.45, 7) is 0. The van der Waals surface area contributed by atoms with Gasteiger partial charge in [0.05, 0.1) is 6.04 Å². The van der Waals surface area contributed by atoms with Crippen LogP contribution in [0.5, 0.6) is 0 Å². The fourth-order valence-corrected chi connectivity index (χ4v) is 9.95. The Balaban J connectivity index is 1.02. The molecule has 0 radical (unpaired) electrons. The van der Waals surface area contributed by atoms with Gasteiger partial charge in [-0.15, -0.1) is 11.3 Å². The minimum atomic E-state index is 0.0951. The van der Waals surface area contributed by atoms with Gasteiger partial charge in [0.2, 0.25) is 0 Å². The number of fused-ring (bicyclic) bond motifs is 10. The highest BCUT2D eigenvalue weighted by atomic mass is 32.1. The Kier molecular flexibility index (Phi) is 7.16. The Bertz CT molecular complexity index is 3200. The van der Waals surface area contributed by atoms with Gasteiger partial charge in [0.25, 0.3) is 0 Å². The number of aromatic nitrogens is 3. The van der Waals surface area contributed by atoms with E-state index in [0.717, 1.165) is 39.0 Å². The predicted molar refractivity (Wildman–Crippen MR) is 234 cm³/mol. The van der Waals surface area contributed by atoms with Gasteiger partial charge in [-0.1, -0.05) is 115 Å². The largest absolute Gasteiger partial charge is 0.456 e. The fraction of sp³-hybridized carbons (Fsp3) is 0.0392. The number of hydrogen-bond donors (Lipinski definition) is 0. The molecule has 57 heavy (non-hydrogen) atoms. The van der Waals surface area contributed by atoms with Gasteiger partial charge in [0, 0.05) is 65.1 Å². The van der Waals surface area contributed by atoms with Crippen molar-refractivity contribution < 1.29 is 4.42 Å². The van der Waals surface area contributed by atoms with Crippen LogP contribution in [0.4, 0.5) is 11.4 Å². The molecule has 4 heterocycles. The Hall–Kier alpha value is -7.15. The molecule has 0 saturated heterocycles. The quantitative estimate of drug-likeness (QED) is 0.175. The molecule has 6 heteroatoms. The Labute approximate surface area is 332 Å². The second-order valence-corrected chi connectivity index (χ2v) is 15.8. The van der Waals surface area contributed by atoms with Crippen molar-refractivity contribution in [1.29, 1.82) is 0 Å². The van der Waals surface area contributed by atoms with Crippen LogP contribution in [-0.2, 0) is 0 Å². The van der Waals surface area contributed by atoms with E-state index < -0.39 is 0 Å². The molecule has 7 aromatic carbocycles. The van der Waals surface area contributed by atoms with E-state index in [1.165, 1.54) is 48.2 Å². The first-order chi connectivity index (χ1) is 28.2. The molecule has 268 valence electrons. The maximum Gasteiger partial charge on any atom is 0.164 e. The maximum absolute atomic E-state index is 6.59. The monoisotopic (exact) mass is 748 g/mol. The fourth-order valence-electron chi connectivity index (χ4n) is 8.86. The van der Waals surface area contributed by atoms with E-state index in [0.29, 0.717) is 17.5 Å². The SMILES string of the molecule is C1=CC2C(c3ccccc3N2c2ccccc2)c2c1oc1ccc(-c3nc(-c4ccc(-c5ccccc5)cc4)nc(-c4ccc5sc6ccccc6c5c4)n3)cc21. The van der Waals surface area contributed by atoms with Crippen molar-refractivity contribution in [3.05, 3.63) is 193 Å². The van der Waals surface area contributed by atoms with Crippen LogP contribution in [0.3, 0.4) is 0 Å². The van der Waals surface area contributed by atoms with Gasteiger partial charge in [-0.05, 0) is 83.4 Å². The number of para-hydroxylation sites is 2. The molecule has 2 unspecified atom stereocenters. The number of furan rings is 1. The van der Waals surface area contributed by atoms with Crippen LogP contribution in [0.1, 0.15) is 22.8 Å². The van der Waals surface area contributed by atoms with Crippen LogP contribution in [0.15, 0.2) is 180 Å². The average molecular weight is 749 g/mol. The Morgan fingerprint density at radius 3 is 1.89 bits per heavy atom. The third-order valence-corrected chi connectivity index (χ3v) is 12.6. The summed E-state index contributed by atoms with van der Waals surface area (Å²) in [6, 6.07) is 60.0. The molecule has 5 nitrogen and oxygen atoms in total. The van der Waals surface area contributed by atoms with Crippen molar-refractivity contribution >= 4 is 59.9 Å². The summed E-state index contributed by atoms with van der Waals surface area (Å²) in [4.78, 5) is 18.0. The highest BCUT2D eigenvalue weighted by Crippen LogP contribution is 2.53. The van der Waals surface area contributed by atoms with Crippen molar-refractivity contribution in [2.45, 2.75) is 12.0 Å². The molecular weight excluding hydrogens is 717 g/mol. The van der Waals surface area contributed by atoms with Crippen molar-refractivity contribution in [1.82, 2.24) is 15.0 Å². The number of thiophene rings is 1. The molecular formula is C51H32N4OS. The normalized spacial score (nSPS) is 15.6. The molecule has 1 aliphatic carbocycles. The first-order valence-corrected chi connectivity index (χ1v) is 20.1. The lowest BCUT2D eigenvalue weighted by molar-refractivity contribution is 0.584. The topological polar surface area (TPSA) is 55.1 Å². The standard InChI is InChI=1S/C51H32N4OS/c1-3-11-31(12-4-1)32-19-21-33(22-20-32)49-52-50(54-51(53-49)35-24-28-46-39(29-35)37-15-8-10-18-45(37)57-46)34-23-26-43-40(30-34)48-44(56-43)27-25-42-47(48)38-16-7-9-17-41(38)55(42)36-13-5-2-6-14-36/h1-30,42,47H. The molecule has 0 fully saturated rings. The van der Waals surface area contributed by atoms with Crippen molar-refractivity contribution in [2.75, 3.05) is 4.90 Å². The van der Waals surface area contributed by atoms with Gasteiger partial charge in [0.1, 0.15) is 11.3 Å². The molecule has 10 aromatic rings. The molecule has 1 aliphatic heterocycles. The first-order valence-electron chi connectivity index (χ1n) is 19.3. The van der Waals surface area contributed by atoms with E-state index in [4.69, 9.17) is 19.4 Å². The molecule has 0 amide bonds. The predicted octanol–water partition coefficient (Wildman–Crippen LogP) is 13.3. The molecule has 12 rings (SSSR count). The number of benzene rings is 7. The van der Waals surface area contributed by atoms with Crippen molar-refractivity contribution in [3.63, 3.8) is 0 Å². The first kappa shape index (κ1) is 32.1. The van der Waals surface area contributed by atoms with Gasteiger partial charge < -0.3 is 9.32 Å². The summed E-state index contributed by atoms with van der Waals surface area (Å²) in [5, 5.41) is 3.53. The van der Waals surface area contributed by atoms with Crippen LogP contribution in [0.25, 0.3) is 82.5 Å².